The van der Waals surface area contributed by atoms with Gasteiger partial charge >= 0.3 is 0 Å². The van der Waals surface area contributed by atoms with Gasteiger partial charge in [0.1, 0.15) is 12.1 Å². The number of benzene rings is 1. The van der Waals surface area contributed by atoms with Gasteiger partial charge in [0.05, 0.1) is 13.2 Å². The lowest BCUT2D eigenvalue weighted by Gasteiger charge is -2.78. The largest absolute Gasteiger partial charge is 0.347 e. The summed E-state index contributed by atoms with van der Waals surface area (Å²) in [6.07, 6.45) is 4.99. The third kappa shape index (κ3) is 1.18. The summed E-state index contributed by atoms with van der Waals surface area (Å²) < 4.78 is 25.7. The minimum atomic E-state index is -0.316. The Morgan fingerprint density at radius 3 is 2.50 bits per heavy atom. The van der Waals surface area contributed by atoms with E-state index in [-0.39, 0.29) is 17.0 Å². The van der Waals surface area contributed by atoms with Crippen molar-refractivity contribution in [3.63, 3.8) is 0 Å². The highest BCUT2D eigenvalue weighted by Crippen LogP contribution is 2.90. The molecule has 1 aromatic rings. The minimum absolute atomic E-state index is 0.0824. The summed E-state index contributed by atoms with van der Waals surface area (Å²) in [5.41, 5.74) is 1.39. The Morgan fingerprint density at radius 1 is 1.08 bits per heavy atom. The molecule has 0 amide bonds. The van der Waals surface area contributed by atoms with Gasteiger partial charge in [-0.1, -0.05) is 12.1 Å². The lowest BCUT2D eigenvalue weighted by molar-refractivity contribution is -0.341. The van der Waals surface area contributed by atoms with Gasteiger partial charge in [0.25, 0.3) is 0 Å². The van der Waals surface area contributed by atoms with E-state index in [2.05, 4.69) is 0 Å². The molecule has 6 rings (SSSR count). The van der Waals surface area contributed by atoms with E-state index in [1.54, 1.807) is 12.1 Å². The molecule has 1 heterocycles. The van der Waals surface area contributed by atoms with Crippen LogP contribution in [0, 0.1) is 34.9 Å². The zero-order valence-corrected chi connectivity index (χ0v) is 13.5. The fraction of sp³-hybridized carbons (Fsp3) is 0.650. The Labute approximate surface area is 140 Å². The second kappa shape index (κ2) is 4.10. The van der Waals surface area contributed by atoms with Crippen LogP contribution in [0.25, 0.3) is 0 Å². The first-order valence-corrected chi connectivity index (χ1v) is 9.16. The highest BCUT2D eigenvalue weighted by Gasteiger charge is 2.89. The van der Waals surface area contributed by atoms with Crippen LogP contribution in [-0.4, -0.2) is 25.3 Å². The van der Waals surface area contributed by atoms with Crippen LogP contribution in [-0.2, 0) is 19.7 Å². The van der Waals surface area contributed by atoms with Gasteiger partial charge in [-0.25, -0.2) is 4.39 Å². The van der Waals surface area contributed by atoms with Gasteiger partial charge < -0.3 is 14.3 Å². The number of aldehydes is 1. The maximum atomic E-state index is 13.4. The van der Waals surface area contributed by atoms with Crippen molar-refractivity contribution in [1.29, 1.82) is 0 Å². The van der Waals surface area contributed by atoms with Crippen LogP contribution < -0.4 is 0 Å². The first-order chi connectivity index (χ1) is 11.7. The van der Waals surface area contributed by atoms with E-state index in [4.69, 9.17) is 9.47 Å². The van der Waals surface area contributed by atoms with Crippen LogP contribution >= 0.6 is 0 Å². The topological polar surface area (TPSA) is 35.5 Å². The molecule has 0 aromatic heterocycles. The molecule has 0 N–H and O–H groups in total. The Kier molecular flexibility index (Phi) is 2.39. The smallest absolute Gasteiger partial charge is 0.174 e. The normalized spacial score (nSPS) is 48.9. The first kappa shape index (κ1) is 14.0. The summed E-state index contributed by atoms with van der Waals surface area (Å²) in [4.78, 5) is 11.5. The third-order valence-corrected chi connectivity index (χ3v) is 8.38. The zero-order valence-electron chi connectivity index (χ0n) is 13.5. The SMILES string of the molecule is O=CCC1(c2ccc(F)cc2)C2CC3CC24C(CC14)C31OCCO1. The number of carbonyl (C=O) groups excluding carboxylic acids is 1. The molecule has 3 nitrogen and oxygen atoms in total. The van der Waals surface area contributed by atoms with E-state index in [1.165, 1.54) is 6.42 Å². The highest BCUT2D eigenvalue weighted by molar-refractivity contribution is 5.58. The lowest BCUT2D eigenvalue weighted by atomic mass is 9.26. The van der Waals surface area contributed by atoms with Gasteiger partial charge in [0, 0.05) is 23.7 Å². The van der Waals surface area contributed by atoms with Gasteiger partial charge in [-0.2, -0.15) is 0 Å². The van der Waals surface area contributed by atoms with Crippen LogP contribution in [0.5, 0.6) is 0 Å². The van der Waals surface area contributed by atoms with E-state index in [0.29, 0.717) is 35.5 Å². The number of hydrogen-bond acceptors (Lipinski definition) is 3. The summed E-state index contributed by atoms with van der Waals surface area (Å²) >= 11 is 0. The standard InChI is InChI=1S/C20H21FO3/c21-14-3-1-12(2-4-14)18(5-6-22)15-9-13-11-19(15)16(18)10-17(19)20(13)23-7-8-24-20/h1-4,6,13,15-17H,5,7-11H2. The molecule has 126 valence electrons. The highest BCUT2D eigenvalue weighted by atomic mass is 19.1. The van der Waals surface area contributed by atoms with Crippen LogP contribution in [0.15, 0.2) is 24.3 Å². The van der Waals surface area contributed by atoms with Crippen LogP contribution in [0.3, 0.4) is 0 Å². The maximum Gasteiger partial charge on any atom is 0.174 e. The summed E-state index contributed by atoms with van der Waals surface area (Å²) in [5, 5.41) is 0. The van der Waals surface area contributed by atoms with Crippen molar-refractivity contribution >= 4 is 6.29 Å². The molecular formula is C20H21FO3. The van der Waals surface area contributed by atoms with Gasteiger partial charge in [0.15, 0.2) is 5.79 Å². The summed E-state index contributed by atoms with van der Waals surface area (Å²) in [6.45, 7) is 1.44. The number of carbonyl (C=O) groups is 1. The van der Waals surface area contributed by atoms with Crippen LogP contribution in [0.4, 0.5) is 4.39 Å². The van der Waals surface area contributed by atoms with Gasteiger partial charge in [-0.05, 0) is 54.2 Å². The molecule has 5 aliphatic rings. The van der Waals surface area contributed by atoms with Crippen molar-refractivity contribution in [3.05, 3.63) is 35.6 Å². The molecule has 4 heteroatoms. The molecule has 6 atom stereocenters. The van der Waals surface area contributed by atoms with E-state index in [0.717, 1.165) is 37.9 Å². The molecule has 4 saturated carbocycles. The molecule has 2 spiro atoms. The average Bonchev–Trinajstić information content (AvgIpc) is 3.24. The van der Waals surface area contributed by atoms with Crippen LogP contribution in [0.1, 0.15) is 31.2 Å². The predicted molar refractivity (Wildman–Crippen MR) is 83.6 cm³/mol. The number of halogens is 1. The molecule has 6 unspecified atom stereocenters. The Morgan fingerprint density at radius 2 is 1.79 bits per heavy atom. The van der Waals surface area contributed by atoms with Crippen molar-refractivity contribution in [2.24, 2.45) is 29.1 Å². The summed E-state index contributed by atoms with van der Waals surface area (Å²) in [6, 6.07) is 6.90. The van der Waals surface area contributed by atoms with E-state index >= 15 is 0 Å². The molecule has 1 aliphatic heterocycles. The molecule has 24 heavy (non-hydrogen) atoms. The first-order valence-electron chi connectivity index (χ1n) is 9.16. The maximum absolute atomic E-state index is 13.4. The molecular weight excluding hydrogens is 307 g/mol. The van der Waals surface area contributed by atoms with E-state index < -0.39 is 0 Å². The fourth-order valence-electron chi connectivity index (χ4n) is 7.92. The van der Waals surface area contributed by atoms with Crippen molar-refractivity contribution in [3.8, 4) is 0 Å². The summed E-state index contributed by atoms with van der Waals surface area (Å²) in [7, 11) is 0. The summed E-state index contributed by atoms with van der Waals surface area (Å²) in [5.74, 6) is 1.49. The van der Waals surface area contributed by atoms with Crippen molar-refractivity contribution in [2.45, 2.75) is 36.9 Å². The molecule has 1 aromatic carbocycles. The van der Waals surface area contributed by atoms with Crippen molar-refractivity contribution in [1.82, 2.24) is 0 Å². The van der Waals surface area contributed by atoms with Gasteiger partial charge in [-0.3, -0.25) is 0 Å². The number of ether oxygens (including phenoxy) is 2. The Hall–Kier alpha value is -1.26. The average molecular weight is 328 g/mol. The number of fused-ring (bicyclic) bond motifs is 3. The van der Waals surface area contributed by atoms with Gasteiger partial charge in [-0.15, -0.1) is 0 Å². The monoisotopic (exact) mass is 328 g/mol. The Bertz CT molecular complexity index is 725. The van der Waals surface area contributed by atoms with Crippen molar-refractivity contribution in [2.75, 3.05) is 13.2 Å². The zero-order chi connectivity index (χ0) is 16.2. The fourth-order valence-corrected chi connectivity index (χ4v) is 7.92. The number of rotatable bonds is 3. The lowest BCUT2D eigenvalue weighted by Crippen LogP contribution is -2.77. The molecule has 5 fully saturated rings. The quantitative estimate of drug-likeness (QED) is 0.800. The van der Waals surface area contributed by atoms with E-state index in [9.17, 15) is 9.18 Å². The molecule has 4 aliphatic carbocycles. The second-order valence-corrected chi connectivity index (χ2v) is 8.48. The third-order valence-electron chi connectivity index (χ3n) is 8.38. The number of hydrogen-bond donors (Lipinski definition) is 0. The molecule has 0 radical (unpaired) electrons. The second-order valence-electron chi connectivity index (χ2n) is 8.48. The Balaban J connectivity index is 1.44. The predicted octanol–water partition coefficient (Wildman–Crippen LogP) is 3.07. The van der Waals surface area contributed by atoms with Crippen LogP contribution in [0.2, 0.25) is 0 Å². The van der Waals surface area contributed by atoms with Crippen molar-refractivity contribution < 1.29 is 18.7 Å². The minimum Gasteiger partial charge on any atom is -0.347 e. The van der Waals surface area contributed by atoms with Gasteiger partial charge in [0.2, 0.25) is 0 Å². The molecule has 1 saturated heterocycles. The van der Waals surface area contributed by atoms with E-state index in [1.807, 2.05) is 12.1 Å². The molecule has 2 bridgehead atoms.